The van der Waals surface area contributed by atoms with Crippen LogP contribution in [0.4, 0.5) is 0 Å². The van der Waals surface area contributed by atoms with E-state index in [2.05, 4.69) is 25.6 Å². The van der Waals surface area contributed by atoms with Gasteiger partial charge in [0.15, 0.2) is 0 Å². The molecule has 2 atom stereocenters. The molecule has 0 saturated carbocycles. The monoisotopic (exact) mass is 277 g/mol. The van der Waals surface area contributed by atoms with Gasteiger partial charge in [-0.3, -0.25) is 4.79 Å². The zero-order valence-corrected chi connectivity index (χ0v) is 13.4. The molecule has 0 amide bonds. The van der Waals surface area contributed by atoms with Crippen LogP contribution < -0.4 is 5.73 Å². The molecule has 0 radical (unpaired) electrons. The molecule has 0 heterocycles. The van der Waals surface area contributed by atoms with Crippen molar-refractivity contribution in [3.05, 3.63) is 0 Å². The van der Waals surface area contributed by atoms with E-state index in [1.165, 1.54) is 0 Å². The molecule has 3 nitrogen and oxygen atoms in total. The summed E-state index contributed by atoms with van der Waals surface area (Å²) in [4.78, 5) is 12.0. The van der Waals surface area contributed by atoms with E-state index in [9.17, 15) is 4.79 Å². The second-order valence-corrected chi connectivity index (χ2v) is 11.4. The lowest BCUT2D eigenvalue weighted by molar-refractivity contribution is -0.155. The second kappa shape index (κ2) is 6.44. The van der Waals surface area contributed by atoms with Crippen molar-refractivity contribution in [3.8, 4) is 12.3 Å². The van der Waals surface area contributed by atoms with Crippen molar-refractivity contribution in [1.82, 2.24) is 0 Å². The molecule has 1 unspecified atom stereocenters. The Balaban J connectivity index is 0. The third-order valence-electron chi connectivity index (χ3n) is 2.15. The minimum atomic E-state index is -1.78. The summed E-state index contributed by atoms with van der Waals surface area (Å²) < 4.78 is 5.37. The number of esters is 1. The van der Waals surface area contributed by atoms with Crippen LogP contribution >= 0.6 is 12.4 Å². The number of ether oxygens (including phenoxy) is 1. The first-order valence-corrected chi connectivity index (χ1v) is 9.01. The number of carbonyl (C=O) groups excluding carboxylic acids is 1. The van der Waals surface area contributed by atoms with E-state index in [0.717, 1.165) is 0 Å². The van der Waals surface area contributed by atoms with Crippen LogP contribution in [0.2, 0.25) is 25.2 Å². The number of hydrogen-bond donors (Lipinski definition) is 1. The zero-order valence-electron chi connectivity index (χ0n) is 11.5. The molecule has 0 aromatic carbocycles. The van der Waals surface area contributed by atoms with Crippen LogP contribution in [0.25, 0.3) is 0 Å². The fraction of sp³-hybridized carbons (Fsp3) is 0.750. The van der Waals surface area contributed by atoms with Gasteiger partial charge in [0.25, 0.3) is 0 Å². The van der Waals surface area contributed by atoms with E-state index in [1.807, 2.05) is 20.8 Å². The van der Waals surface area contributed by atoms with Crippen LogP contribution in [0, 0.1) is 12.3 Å². The van der Waals surface area contributed by atoms with Gasteiger partial charge in [-0.15, -0.1) is 18.8 Å². The number of terminal acetylenes is 1. The van der Waals surface area contributed by atoms with Crippen LogP contribution in [0.1, 0.15) is 20.8 Å². The van der Waals surface area contributed by atoms with Gasteiger partial charge in [-0.2, -0.15) is 0 Å². The molecule has 0 spiro atoms. The smallest absolute Gasteiger partial charge is 0.309 e. The van der Waals surface area contributed by atoms with Crippen molar-refractivity contribution in [1.29, 1.82) is 0 Å². The molecule has 100 valence electrons. The van der Waals surface area contributed by atoms with Gasteiger partial charge in [0.05, 0.1) is 19.7 Å². The van der Waals surface area contributed by atoms with Gasteiger partial charge >= 0.3 is 5.97 Å². The number of carbonyl (C=O) groups is 1. The Hall–Kier alpha value is -0.503. The number of nitrogens with two attached hydrogens (primary N) is 1. The third kappa shape index (κ3) is 6.72. The Labute approximate surface area is 112 Å². The molecule has 2 N–H and O–H groups in total. The normalized spacial score (nSPS) is 15.2. The first-order chi connectivity index (χ1) is 6.99. The van der Waals surface area contributed by atoms with E-state index >= 15 is 0 Å². The fourth-order valence-corrected chi connectivity index (χ4v) is 3.44. The van der Waals surface area contributed by atoms with Gasteiger partial charge in [0, 0.05) is 0 Å². The summed E-state index contributed by atoms with van der Waals surface area (Å²) >= 11 is 0. The van der Waals surface area contributed by atoms with Crippen molar-refractivity contribution in [2.45, 2.75) is 57.6 Å². The van der Waals surface area contributed by atoms with Crippen molar-refractivity contribution in [2.24, 2.45) is 5.73 Å². The van der Waals surface area contributed by atoms with Gasteiger partial charge < -0.3 is 10.5 Å². The van der Waals surface area contributed by atoms with E-state index in [1.54, 1.807) is 0 Å². The maximum absolute atomic E-state index is 12.0. The van der Waals surface area contributed by atoms with E-state index in [0.29, 0.717) is 0 Å². The summed E-state index contributed by atoms with van der Waals surface area (Å²) in [6.07, 6.45) is 5.31. The van der Waals surface area contributed by atoms with Gasteiger partial charge in [-0.05, 0) is 20.8 Å². The summed E-state index contributed by atoms with van der Waals surface area (Å²) in [5, 5.41) is 0. The molecule has 0 aliphatic heterocycles. The molecule has 0 aromatic heterocycles. The Morgan fingerprint density at radius 2 is 1.76 bits per heavy atom. The van der Waals surface area contributed by atoms with Gasteiger partial charge in [-0.25, -0.2) is 0 Å². The van der Waals surface area contributed by atoms with Crippen LogP contribution in [-0.2, 0) is 9.53 Å². The molecule has 0 aromatic rings. The SMILES string of the molecule is C#CC(N)[C@@H](C(=O)OC(C)(C)C)[Si](C)(C)C.Cl. The predicted octanol–water partition coefficient (Wildman–Crippen LogP) is 2.42. The summed E-state index contributed by atoms with van der Waals surface area (Å²) in [7, 11) is -1.78. The second-order valence-electron chi connectivity index (χ2n) is 6.07. The first-order valence-electron chi connectivity index (χ1n) is 5.43. The lowest BCUT2D eigenvalue weighted by Gasteiger charge is -2.32. The number of halogens is 1. The Morgan fingerprint density at radius 3 is 2.00 bits per heavy atom. The molecule has 0 aliphatic carbocycles. The number of rotatable bonds is 3. The van der Waals surface area contributed by atoms with Crippen LogP contribution in [0.5, 0.6) is 0 Å². The van der Waals surface area contributed by atoms with Gasteiger partial charge in [-0.1, -0.05) is 25.6 Å². The Kier molecular flexibility index (Phi) is 7.14. The molecule has 0 aliphatic rings. The molecule has 5 heteroatoms. The lowest BCUT2D eigenvalue weighted by atomic mass is 10.2. The third-order valence-corrected chi connectivity index (χ3v) is 4.61. The molecule has 0 fully saturated rings. The highest BCUT2D eigenvalue weighted by molar-refractivity contribution is 6.80. The van der Waals surface area contributed by atoms with E-state index < -0.39 is 19.7 Å². The van der Waals surface area contributed by atoms with Gasteiger partial charge in [0.2, 0.25) is 0 Å². The predicted molar refractivity (Wildman–Crippen MR) is 77.0 cm³/mol. The molecule has 0 bridgehead atoms. The highest BCUT2D eigenvalue weighted by atomic mass is 35.5. The average Bonchev–Trinajstić information content (AvgIpc) is 1.97. The standard InChI is InChI=1S/C12H23NO2Si.ClH/c1-8-9(13)10(16(5,6)7)11(14)15-12(2,3)4;/h1,9-10H,13H2,2-7H3;1H/t9?,10-;/m0./s1. The van der Waals surface area contributed by atoms with Crippen LogP contribution in [-0.4, -0.2) is 25.7 Å². The van der Waals surface area contributed by atoms with Crippen molar-refractivity contribution in [2.75, 3.05) is 0 Å². The molecule has 0 saturated heterocycles. The maximum atomic E-state index is 12.0. The molecule has 0 rings (SSSR count). The van der Waals surface area contributed by atoms with Crippen LogP contribution in [0.3, 0.4) is 0 Å². The maximum Gasteiger partial charge on any atom is 0.309 e. The Morgan fingerprint density at radius 1 is 1.35 bits per heavy atom. The topological polar surface area (TPSA) is 52.3 Å². The molecule has 17 heavy (non-hydrogen) atoms. The first kappa shape index (κ1) is 18.9. The average molecular weight is 278 g/mol. The minimum Gasteiger partial charge on any atom is -0.460 e. The highest BCUT2D eigenvalue weighted by Gasteiger charge is 2.39. The fourth-order valence-electron chi connectivity index (χ4n) is 1.50. The van der Waals surface area contributed by atoms with E-state index in [-0.39, 0.29) is 23.9 Å². The summed E-state index contributed by atoms with van der Waals surface area (Å²) in [6.45, 7) is 11.7. The molecular formula is C12H24ClNO2Si. The number of hydrogen-bond acceptors (Lipinski definition) is 3. The summed E-state index contributed by atoms with van der Waals surface area (Å²) in [6, 6.07) is -0.554. The van der Waals surface area contributed by atoms with Crippen molar-refractivity contribution >= 4 is 26.5 Å². The highest BCUT2D eigenvalue weighted by Crippen LogP contribution is 2.27. The van der Waals surface area contributed by atoms with E-state index in [4.69, 9.17) is 16.9 Å². The summed E-state index contributed by atoms with van der Waals surface area (Å²) in [5.41, 5.74) is 4.97. The quantitative estimate of drug-likeness (QED) is 0.490. The lowest BCUT2D eigenvalue weighted by Crippen LogP contribution is -2.46. The summed E-state index contributed by atoms with van der Waals surface area (Å²) in [5.74, 6) is 2.18. The zero-order chi connectivity index (χ0) is 13.1. The van der Waals surface area contributed by atoms with Gasteiger partial charge in [0.1, 0.15) is 5.60 Å². The Bertz CT molecular complexity index is 299. The minimum absolute atomic E-state index is 0. The molecular weight excluding hydrogens is 254 g/mol. The van der Waals surface area contributed by atoms with Crippen molar-refractivity contribution in [3.63, 3.8) is 0 Å². The van der Waals surface area contributed by atoms with Crippen LogP contribution in [0.15, 0.2) is 0 Å². The van der Waals surface area contributed by atoms with Crippen molar-refractivity contribution < 1.29 is 9.53 Å². The largest absolute Gasteiger partial charge is 0.460 e.